The number of carbonyl (C=O) groups is 1. The highest BCUT2D eigenvalue weighted by Crippen LogP contribution is 2.33. The van der Waals surface area contributed by atoms with Crippen LogP contribution < -0.4 is 5.32 Å². The van der Waals surface area contributed by atoms with E-state index in [1.54, 1.807) is 0 Å². The van der Waals surface area contributed by atoms with Crippen molar-refractivity contribution in [1.29, 1.82) is 0 Å². The Morgan fingerprint density at radius 2 is 2.05 bits per heavy atom. The summed E-state index contributed by atoms with van der Waals surface area (Å²) in [6.07, 6.45) is 0.403. The average molecular weight is 285 g/mol. The topological polar surface area (TPSA) is 46.9 Å². The quantitative estimate of drug-likeness (QED) is 0.669. The van der Waals surface area contributed by atoms with Crippen molar-refractivity contribution in [2.45, 2.75) is 32.1 Å². The van der Waals surface area contributed by atoms with Crippen LogP contribution in [0.25, 0.3) is 0 Å². The molecule has 0 amide bonds. The number of Topliss-reactive ketones (excluding diaryl/α,β-unsaturated/α-hetero) is 1. The van der Waals surface area contributed by atoms with Crippen molar-refractivity contribution in [1.82, 2.24) is 14.9 Å². The van der Waals surface area contributed by atoms with Crippen LogP contribution in [0.4, 0.5) is 13.2 Å². The molecule has 0 unspecified atom stereocenters. The summed E-state index contributed by atoms with van der Waals surface area (Å²) in [4.78, 5) is 16.0. The molecule has 0 aromatic carbocycles. The summed E-state index contributed by atoms with van der Waals surface area (Å²) in [6.45, 7) is 0.892. The molecular weight excluding hydrogens is 271 g/mol. The lowest BCUT2D eigenvalue weighted by Gasteiger charge is -2.19. The average Bonchev–Trinajstić information content (AvgIpc) is 3.05. The Kier molecular flexibility index (Phi) is 3.16. The zero-order valence-electron chi connectivity index (χ0n) is 10.7. The number of aromatic nitrogens is 2. The van der Waals surface area contributed by atoms with Gasteiger partial charge in [-0.05, 0) is 12.8 Å². The van der Waals surface area contributed by atoms with Gasteiger partial charge in [0.15, 0.2) is 5.78 Å². The molecule has 108 valence electrons. The highest BCUT2D eigenvalue weighted by atomic mass is 19.4. The van der Waals surface area contributed by atoms with E-state index >= 15 is 0 Å². The first-order chi connectivity index (χ1) is 9.48. The van der Waals surface area contributed by atoms with Crippen molar-refractivity contribution in [2.24, 2.45) is 5.92 Å². The van der Waals surface area contributed by atoms with Crippen molar-refractivity contribution < 1.29 is 18.0 Å². The maximum Gasteiger partial charge on any atom is 0.449 e. The Hall–Kier alpha value is -1.63. The third-order valence-corrected chi connectivity index (χ3v) is 3.74. The zero-order chi connectivity index (χ0) is 14.3. The Balaban J connectivity index is 2.02. The van der Waals surface area contributed by atoms with Gasteiger partial charge in [-0.15, -0.1) is 0 Å². The van der Waals surface area contributed by atoms with Gasteiger partial charge >= 0.3 is 6.18 Å². The van der Waals surface area contributed by atoms with Gasteiger partial charge in [0.05, 0.1) is 5.69 Å². The van der Waals surface area contributed by atoms with Crippen molar-refractivity contribution in [3.8, 4) is 0 Å². The fourth-order valence-corrected chi connectivity index (χ4v) is 2.74. The molecule has 2 aliphatic rings. The minimum atomic E-state index is -4.53. The number of imidazole rings is 1. The van der Waals surface area contributed by atoms with E-state index in [1.165, 1.54) is 0 Å². The van der Waals surface area contributed by atoms with Gasteiger partial charge < -0.3 is 9.88 Å². The van der Waals surface area contributed by atoms with Gasteiger partial charge in [-0.1, -0.05) is 12.2 Å². The van der Waals surface area contributed by atoms with Gasteiger partial charge in [0.2, 0.25) is 5.82 Å². The van der Waals surface area contributed by atoms with Gasteiger partial charge in [-0.2, -0.15) is 13.2 Å². The van der Waals surface area contributed by atoms with Crippen molar-refractivity contribution in [3.05, 3.63) is 29.4 Å². The SMILES string of the molecule is O=C(c1nc(C(F)(F)F)n2c1CNCC2)C1CC=CC1. The standard InChI is InChI=1S/C13H14F3N3O/c14-13(15,16)12-18-10(9-7-17-5-6-19(9)12)11(20)8-3-1-2-4-8/h1-2,8,17H,3-7H2. The molecule has 1 aromatic rings. The molecule has 3 rings (SSSR count). The van der Waals surface area contributed by atoms with Gasteiger partial charge in [0, 0.05) is 25.6 Å². The summed E-state index contributed by atoms with van der Waals surface area (Å²) in [5.74, 6) is -1.50. The number of carbonyl (C=O) groups excluding carboxylic acids is 1. The molecule has 7 heteroatoms. The summed E-state index contributed by atoms with van der Waals surface area (Å²) < 4.78 is 40.1. The normalized spacial score (nSPS) is 19.4. The monoisotopic (exact) mass is 285 g/mol. The maximum atomic E-state index is 13.0. The Bertz CT molecular complexity index is 566. The number of alkyl halides is 3. The smallest absolute Gasteiger partial charge is 0.321 e. The van der Waals surface area contributed by atoms with Crippen LogP contribution in [0.5, 0.6) is 0 Å². The van der Waals surface area contributed by atoms with Gasteiger partial charge in [-0.3, -0.25) is 4.79 Å². The van der Waals surface area contributed by atoms with Crippen molar-refractivity contribution in [2.75, 3.05) is 6.54 Å². The maximum absolute atomic E-state index is 13.0. The van der Waals surface area contributed by atoms with Crippen LogP contribution >= 0.6 is 0 Å². The third kappa shape index (κ3) is 2.15. The predicted octanol–water partition coefficient (Wildman–Crippen LogP) is 2.15. The van der Waals surface area contributed by atoms with E-state index in [2.05, 4.69) is 10.3 Å². The molecule has 20 heavy (non-hydrogen) atoms. The van der Waals surface area contributed by atoms with Crippen LogP contribution in [0.15, 0.2) is 12.2 Å². The molecule has 0 saturated carbocycles. The second-order valence-electron chi connectivity index (χ2n) is 5.06. The lowest BCUT2D eigenvalue weighted by atomic mass is 9.98. The fraction of sp³-hybridized carbons (Fsp3) is 0.538. The van der Waals surface area contributed by atoms with Crippen LogP contribution in [-0.2, 0) is 19.3 Å². The summed E-state index contributed by atoms with van der Waals surface area (Å²) in [5, 5.41) is 3.00. The van der Waals surface area contributed by atoms with E-state index in [0.29, 0.717) is 25.1 Å². The lowest BCUT2D eigenvalue weighted by molar-refractivity contribution is -0.147. The van der Waals surface area contributed by atoms with Crippen LogP contribution in [0.2, 0.25) is 0 Å². The van der Waals surface area contributed by atoms with E-state index in [1.807, 2.05) is 12.2 Å². The molecule has 0 saturated heterocycles. The number of halogens is 3. The van der Waals surface area contributed by atoms with Crippen molar-refractivity contribution >= 4 is 5.78 Å². The number of hydrogen-bond donors (Lipinski definition) is 1. The molecule has 1 aliphatic heterocycles. The van der Waals surface area contributed by atoms with Gasteiger partial charge in [-0.25, -0.2) is 4.98 Å². The van der Waals surface area contributed by atoms with Crippen LogP contribution in [0.3, 0.4) is 0 Å². The van der Waals surface area contributed by atoms with Gasteiger partial charge in [0.25, 0.3) is 0 Å². The summed E-state index contributed by atoms with van der Waals surface area (Å²) in [6, 6.07) is 0. The van der Waals surface area contributed by atoms with Gasteiger partial charge in [0.1, 0.15) is 5.69 Å². The molecule has 0 bridgehead atoms. The molecule has 0 spiro atoms. The number of fused-ring (bicyclic) bond motifs is 1. The Labute approximate surface area is 113 Å². The van der Waals surface area contributed by atoms with Crippen LogP contribution in [0.1, 0.15) is 34.8 Å². The number of allylic oxidation sites excluding steroid dienone is 2. The molecule has 0 radical (unpaired) electrons. The number of ketones is 1. The second kappa shape index (κ2) is 4.73. The molecule has 0 atom stereocenters. The number of nitrogens with one attached hydrogen (secondary N) is 1. The zero-order valence-corrected chi connectivity index (χ0v) is 10.7. The minimum absolute atomic E-state index is 0.0155. The van der Waals surface area contributed by atoms with E-state index in [0.717, 1.165) is 4.57 Å². The second-order valence-corrected chi connectivity index (χ2v) is 5.06. The predicted molar refractivity (Wildman–Crippen MR) is 65.1 cm³/mol. The Morgan fingerprint density at radius 3 is 2.70 bits per heavy atom. The van der Waals surface area contributed by atoms with E-state index in [4.69, 9.17) is 0 Å². The number of hydrogen-bond acceptors (Lipinski definition) is 3. The van der Waals surface area contributed by atoms with Crippen LogP contribution in [-0.4, -0.2) is 21.9 Å². The van der Waals surface area contributed by atoms with E-state index in [-0.39, 0.29) is 30.5 Å². The number of rotatable bonds is 2. The molecular formula is C13H14F3N3O. The Morgan fingerprint density at radius 1 is 1.35 bits per heavy atom. The summed E-state index contributed by atoms with van der Waals surface area (Å²) in [5.41, 5.74) is 0.346. The lowest BCUT2D eigenvalue weighted by Crippen LogP contribution is -2.31. The highest BCUT2D eigenvalue weighted by molar-refractivity contribution is 5.97. The van der Waals surface area contributed by atoms with Crippen LogP contribution in [0, 0.1) is 5.92 Å². The molecule has 1 N–H and O–H groups in total. The first-order valence-corrected chi connectivity index (χ1v) is 6.55. The summed E-state index contributed by atoms with van der Waals surface area (Å²) >= 11 is 0. The molecule has 4 nitrogen and oxygen atoms in total. The number of nitrogens with zero attached hydrogens (tertiary/aromatic N) is 2. The molecule has 1 aromatic heterocycles. The largest absolute Gasteiger partial charge is 0.449 e. The fourth-order valence-electron chi connectivity index (χ4n) is 2.74. The third-order valence-electron chi connectivity index (χ3n) is 3.74. The molecule has 1 aliphatic carbocycles. The highest BCUT2D eigenvalue weighted by Gasteiger charge is 2.41. The van der Waals surface area contributed by atoms with E-state index < -0.39 is 12.0 Å². The molecule has 0 fully saturated rings. The molecule has 2 heterocycles. The summed E-state index contributed by atoms with van der Waals surface area (Å²) in [7, 11) is 0. The first kappa shape index (κ1) is 13.4. The van der Waals surface area contributed by atoms with E-state index in [9.17, 15) is 18.0 Å². The van der Waals surface area contributed by atoms with Crippen molar-refractivity contribution in [3.63, 3.8) is 0 Å². The minimum Gasteiger partial charge on any atom is -0.321 e. The first-order valence-electron chi connectivity index (χ1n) is 6.55.